The number of hydrogen-bond donors (Lipinski definition) is 3. The highest BCUT2D eigenvalue weighted by Gasteiger charge is 2.40. The third-order valence-corrected chi connectivity index (χ3v) is 4.47. The van der Waals surface area contributed by atoms with Crippen LogP contribution in [0.15, 0.2) is 0 Å². The van der Waals surface area contributed by atoms with Crippen molar-refractivity contribution in [1.29, 1.82) is 0 Å². The van der Waals surface area contributed by atoms with Crippen LogP contribution in [0.3, 0.4) is 0 Å². The van der Waals surface area contributed by atoms with Crippen molar-refractivity contribution in [2.24, 2.45) is 11.3 Å². The molecule has 1 atom stereocenters. The minimum absolute atomic E-state index is 0.0379. The Bertz CT molecular complexity index is 347. The fourth-order valence-electron chi connectivity index (χ4n) is 2.88. The Balaban J connectivity index is 1.74. The van der Waals surface area contributed by atoms with E-state index in [1.54, 1.807) is 0 Å². The Morgan fingerprint density at radius 2 is 2.10 bits per heavy atom. The Morgan fingerprint density at radius 3 is 2.70 bits per heavy atom. The van der Waals surface area contributed by atoms with Crippen LogP contribution in [0.2, 0.25) is 0 Å². The van der Waals surface area contributed by atoms with Crippen molar-refractivity contribution in [3.63, 3.8) is 0 Å². The molecule has 3 N–H and O–H groups in total. The maximum Gasteiger partial charge on any atom is 0.311 e. The van der Waals surface area contributed by atoms with Crippen LogP contribution in [0.5, 0.6) is 0 Å². The lowest BCUT2D eigenvalue weighted by Crippen LogP contribution is -2.46. The first-order valence-electron chi connectivity index (χ1n) is 7.41. The van der Waals surface area contributed by atoms with E-state index in [4.69, 9.17) is 4.74 Å². The van der Waals surface area contributed by atoms with Gasteiger partial charge in [-0.25, -0.2) is 0 Å². The van der Waals surface area contributed by atoms with Crippen LogP contribution >= 0.6 is 0 Å². The number of carboxylic acid groups (broad SMARTS) is 1. The van der Waals surface area contributed by atoms with Crippen LogP contribution in [0.4, 0.5) is 0 Å². The molecular formula is C14H24N2O4. The second-order valence-electron chi connectivity index (χ2n) is 5.87. The van der Waals surface area contributed by atoms with Crippen LogP contribution < -0.4 is 10.6 Å². The molecule has 6 nitrogen and oxygen atoms in total. The van der Waals surface area contributed by atoms with Crippen molar-refractivity contribution in [3.05, 3.63) is 0 Å². The normalized spacial score (nSPS) is 25.3. The van der Waals surface area contributed by atoms with Gasteiger partial charge in [0.05, 0.1) is 5.41 Å². The minimum Gasteiger partial charge on any atom is -0.481 e. The average molecular weight is 284 g/mol. The molecule has 2 saturated heterocycles. The van der Waals surface area contributed by atoms with E-state index >= 15 is 0 Å². The third-order valence-electron chi connectivity index (χ3n) is 4.47. The summed E-state index contributed by atoms with van der Waals surface area (Å²) >= 11 is 0. The molecule has 0 aromatic rings. The summed E-state index contributed by atoms with van der Waals surface area (Å²) in [5, 5.41) is 15.5. The topological polar surface area (TPSA) is 87.7 Å². The van der Waals surface area contributed by atoms with Crippen molar-refractivity contribution in [2.45, 2.75) is 32.1 Å². The molecule has 0 saturated carbocycles. The predicted molar refractivity (Wildman–Crippen MR) is 73.3 cm³/mol. The van der Waals surface area contributed by atoms with Gasteiger partial charge < -0.3 is 20.5 Å². The van der Waals surface area contributed by atoms with Gasteiger partial charge in [0.1, 0.15) is 0 Å². The Labute approximate surface area is 119 Å². The number of aliphatic carboxylic acids is 1. The van der Waals surface area contributed by atoms with Gasteiger partial charge in [-0.3, -0.25) is 9.59 Å². The highest BCUT2D eigenvalue weighted by Crippen LogP contribution is 2.30. The van der Waals surface area contributed by atoms with Gasteiger partial charge in [-0.05, 0) is 44.7 Å². The first-order chi connectivity index (χ1) is 9.62. The van der Waals surface area contributed by atoms with E-state index in [0.717, 1.165) is 25.9 Å². The average Bonchev–Trinajstić information content (AvgIpc) is 2.97. The Kier molecular flexibility index (Phi) is 5.37. The molecular weight excluding hydrogens is 260 g/mol. The summed E-state index contributed by atoms with van der Waals surface area (Å²) in [7, 11) is 0. The number of nitrogens with one attached hydrogen (secondary N) is 2. The van der Waals surface area contributed by atoms with E-state index in [2.05, 4.69) is 10.6 Å². The number of carboxylic acids is 1. The van der Waals surface area contributed by atoms with E-state index in [1.165, 1.54) is 0 Å². The Morgan fingerprint density at radius 1 is 1.35 bits per heavy atom. The molecule has 1 unspecified atom stereocenters. The zero-order chi connectivity index (χ0) is 14.4. The van der Waals surface area contributed by atoms with E-state index in [9.17, 15) is 14.7 Å². The summed E-state index contributed by atoms with van der Waals surface area (Å²) in [5.74, 6) is -0.289. The van der Waals surface area contributed by atoms with Crippen molar-refractivity contribution < 1.29 is 19.4 Å². The number of amides is 1. The van der Waals surface area contributed by atoms with Crippen molar-refractivity contribution in [3.8, 4) is 0 Å². The molecule has 6 heteroatoms. The molecule has 20 heavy (non-hydrogen) atoms. The molecule has 2 aliphatic heterocycles. The summed E-state index contributed by atoms with van der Waals surface area (Å²) in [6.07, 6.45) is 3.43. The fourth-order valence-corrected chi connectivity index (χ4v) is 2.88. The first kappa shape index (κ1) is 15.3. The third kappa shape index (κ3) is 3.93. The number of rotatable bonds is 6. The maximum atomic E-state index is 11.9. The van der Waals surface area contributed by atoms with Gasteiger partial charge in [0, 0.05) is 26.2 Å². The van der Waals surface area contributed by atoms with Gasteiger partial charge in [-0.2, -0.15) is 0 Å². The number of carbonyl (C=O) groups is 2. The van der Waals surface area contributed by atoms with Crippen molar-refractivity contribution >= 4 is 11.9 Å². The molecule has 2 aliphatic rings. The summed E-state index contributed by atoms with van der Waals surface area (Å²) < 4.78 is 5.21. The summed E-state index contributed by atoms with van der Waals surface area (Å²) in [5.41, 5.74) is -0.844. The fraction of sp³-hybridized carbons (Fsp3) is 0.857. The van der Waals surface area contributed by atoms with Crippen molar-refractivity contribution in [1.82, 2.24) is 10.6 Å². The highest BCUT2D eigenvalue weighted by molar-refractivity contribution is 5.79. The van der Waals surface area contributed by atoms with E-state index in [-0.39, 0.29) is 12.5 Å². The molecule has 0 aliphatic carbocycles. The van der Waals surface area contributed by atoms with E-state index in [0.29, 0.717) is 38.4 Å². The van der Waals surface area contributed by atoms with E-state index < -0.39 is 11.4 Å². The molecule has 114 valence electrons. The zero-order valence-corrected chi connectivity index (χ0v) is 11.8. The van der Waals surface area contributed by atoms with Gasteiger partial charge in [0.2, 0.25) is 5.91 Å². The molecule has 1 amide bonds. The molecule has 0 aromatic heterocycles. The second kappa shape index (κ2) is 7.04. The van der Waals surface area contributed by atoms with Gasteiger partial charge in [-0.1, -0.05) is 0 Å². The monoisotopic (exact) mass is 284 g/mol. The lowest BCUT2D eigenvalue weighted by molar-refractivity contribution is -0.154. The predicted octanol–water partition coefficient (Wildman–Crippen LogP) is 0.374. The van der Waals surface area contributed by atoms with Crippen LogP contribution in [0.1, 0.15) is 32.1 Å². The molecule has 0 spiro atoms. The second-order valence-corrected chi connectivity index (χ2v) is 5.87. The van der Waals surface area contributed by atoms with Gasteiger partial charge in [0.25, 0.3) is 0 Å². The lowest BCUT2D eigenvalue weighted by Gasteiger charge is -2.33. The van der Waals surface area contributed by atoms with Gasteiger partial charge in [0.15, 0.2) is 0 Å². The zero-order valence-electron chi connectivity index (χ0n) is 11.8. The molecule has 0 aromatic carbocycles. The highest BCUT2D eigenvalue weighted by atomic mass is 16.5. The summed E-state index contributed by atoms with van der Waals surface area (Å²) in [6, 6.07) is 0. The number of hydrogen-bond acceptors (Lipinski definition) is 4. The molecule has 2 heterocycles. The molecule has 2 rings (SSSR count). The van der Waals surface area contributed by atoms with Gasteiger partial charge in [-0.15, -0.1) is 0 Å². The maximum absolute atomic E-state index is 11.9. The SMILES string of the molecule is O=C(CCC1CCNC1)NCC1(C(=O)O)CCOCC1. The Hall–Kier alpha value is -1.14. The first-order valence-corrected chi connectivity index (χ1v) is 7.41. The van der Waals surface area contributed by atoms with E-state index in [1.807, 2.05) is 0 Å². The molecule has 0 bridgehead atoms. The van der Waals surface area contributed by atoms with Gasteiger partial charge >= 0.3 is 5.97 Å². The molecule has 2 fully saturated rings. The van der Waals surface area contributed by atoms with Crippen molar-refractivity contribution in [2.75, 3.05) is 32.8 Å². The number of ether oxygens (including phenoxy) is 1. The lowest BCUT2D eigenvalue weighted by atomic mass is 9.80. The number of carbonyl (C=O) groups excluding carboxylic acids is 1. The standard InChI is InChI=1S/C14H24N2O4/c17-12(2-1-11-3-6-15-9-11)16-10-14(13(18)19)4-7-20-8-5-14/h11,15H,1-10H2,(H,16,17)(H,18,19). The van der Waals surface area contributed by atoms with Crippen LogP contribution in [0, 0.1) is 11.3 Å². The van der Waals surface area contributed by atoms with Crippen LogP contribution in [-0.4, -0.2) is 49.8 Å². The smallest absolute Gasteiger partial charge is 0.311 e. The van der Waals surface area contributed by atoms with Crippen LogP contribution in [-0.2, 0) is 14.3 Å². The quantitative estimate of drug-likeness (QED) is 0.656. The van der Waals surface area contributed by atoms with Crippen LogP contribution in [0.25, 0.3) is 0 Å². The largest absolute Gasteiger partial charge is 0.481 e. The summed E-state index contributed by atoms with van der Waals surface area (Å²) in [4.78, 5) is 23.3. The minimum atomic E-state index is -0.844. The molecule has 0 radical (unpaired) electrons. The summed E-state index contributed by atoms with van der Waals surface area (Å²) in [6.45, 7) is 3.15.